The Morgan fingerprint density at radius 1 is 1.50 bits per heavy atom. The third-order valence-electron chi connectivity index (χ3n) is 3.25. The zero-order valence-corrected chi connectivity index (χ0v) is 12.7. The van der Waals surface area contributed by atoms with Crippen LogP contribution in [0, 0.1) is 6.92 Å². The predicted molar refractivity (Wildman–Crippen MR) is 79.5 cm³/mol. The summed E-state index contributed by atoms with van der Waals surface area (Å²) in [6.45, 7) is 7.37. The van der Waals surface area contributed by atoms with E-state index < -0.39 is 5.97 Å². The lowest BCUT2D eigenvalue weighted by Crippen LogP contribution is -2.31. The summed E-state index contributed by atoms with van der Waals surface area (Å²) in [4.78, 5) is 12.3. The van der Waals surface area contributed by atoms with Crippen molar-refractivity contribution in [3.63, 3.8) is 0 Å². The Labute approximate surface area is 122 Å². The van der Waals surface area contributed by atoms with Gasteiger partial charge in [-0.1, -0.05) is 19.9 Å². The molecule has 0 radical (unpaired) electrons. The van der Waals surface area contributed by atoms with Gasteiger partial charge < -0.3 is 14.8 Å². The van der Waals surface area contributed by atoms with E-state index in [1.807, 2.05) is 0 Å². The zero-order chi connectivity index (χ0) is 14.8. The van der Waals surface area contributed by atoms with Crippen LogP contribution in [0.25, 0.3) is 0 Å². The molecule has 0 aliphatic rings. The van der Waals surface area contributed by atoms with Crippen molar-refractivity contribution in [1.82, 2.24) is 5.32 Å². The molecule has 0 saturated carbocycles. The molecule has 0 bridgehead atoms. The second-order valence-electron chi connectivity index (χ2n) is 5.45. The van der Waals surface area contributed by atoms with E-state index in [2.05, 4.69) is 36.7 Å². The van der Waals surface area contributed by atoms with Crippen molar-refractivity contribution in [3.8, 4) is 0 Å². The molecule has 2 N–H and O–H groups in total. The van der Waals surface area contributed by atoms with E-state index in [9.17, 15) is 4.79 Å². The number of thiophene rings is 1. The fourth-order valence-electron chi connectivity index (χ4n) is 2.09. The van der Waals surface area contributed by atoms with E-state index in [1.54, 1.807) is 24.3 Å². The summed E-state index contributed by atoms with van der Waals surface area (Å²) in [7, 11) is 0. The summed E-state index contributed by atoms with van der Waals surface area (Å²) in [5, 5.41) is 14.4. The average Bonchev–Trinajstić information content (AvgIpc) is 2.98. The Bertz CT molecular complexity index is 584. The van der Waals surface area contributed by atoms with Gasteiger partial charge >= 0.3 is 5.97 Å². The quantitative estimate of drug-likeness (QED) is 0.856. The number of furan rings is 1. The number of rotatable bonds is 6. The molecule has 0 aliphatic carbocycles. The van der Waals surface area contributed by atoms with Gasteiger partial charge in [0.25, 0.3) is 0 Å². The first kappa shape index (κ1) is 14.8. The number of hydrogen-bond acceptors (Lipinski definition) is 4. The van der Waals surface area contributed by atoms with E-state index in [1.165, 1.54) is 4.88 Å². The van der Waals surface area contributed by atoms with Crippen LogP contribution in [0.1, 0.15) is 40.6 Å². The molecule has 2 aromatic heterocycles. The third-order valence-corrected chi connectivity index (χ3v) is 4.49. The Morgan fingerprint density at radius 2 is 2.25 bits per heavy atom. The molecule has 2 rings (SSSR count). The van der Waals surface area contributed by atoms with Crippen LogP contribution in [0.3, 0.4) is 0 Å². The van der Waals surface area contributed by atoms with Gasteiger partial charge in [-0.15, -0.1) is 11.3 Å². The monoisotopic (exact) mass is 293 g/mol. The van der Waals surface area contributed by atoms with Crippen LogP contribution in [0.15, 0.2) is 28.0 Å². The fraction of sp³-hybridized carbons (Fsp3) is 0.400. The Morgan fingerprint density at radius 3 is 2.80 bits per heavy atom. The molecule has 0 atom stereocenters. The highest BCUT2D eigenvalue weighted by Crippen LogP contribution is 2.26. The van der Waals surface area contributed by atoms with Crippen LogP contribution in [-0.4, -0.2) is 17.6 Å². The Balaban J connectivity index is 1.93. The van der Waals surface area contributed by atoms with Crippen LogP contribution in [-0.2, 0) is 12.0 Å². The third kappa shape index (κ3) is 3.29. The van der Waals surface area contributed by atoms with Crippen LogP contribution in [0.5, 0.6) is 0 Å². The summed E-state index contributed by atoms with van der Waals surface area (Å²) in [5.74, 6) is 0.158. The molecular weight excluding hydrogens is 274 g/mol. The largest absolute Gasteiger partial charge is 0.478 e. The highest BCUT2D eigenvalue weighted by Gasteiger charge is 2.21. The minimum atomic E-state index is -0.948. The molecule has 0 aliphatic heterocycles. The number of carbonyl (C=O) groups is 1. The molecule has 20 heavy (non-hydrogen) atoms. The van der Waals surface area contributed by atoms with Crippen LogP contribution in [0.2, 0.25) is 0 Å². The number of nitrogens with one attached hydrogen (secondary N) is 1. The molecule has 0 amide bonds. The van der Waals surface area contributed by atoms with Crippen LogP contribution < -0.4 is 5.32 Å². The van der Waals surface area contributed by atoms with Crippen molar-refractivity contribution < 1.29 is 14.3 Å². The summed E-state index contributed by atoms with van der Waals surface area (Å²) >= 11 is 1.75. The first-order chi connectivity index (χ1) is 9.40. The zero-order valence-electron chi connectivity index (χ0n) is 11.9. The average molecular weight is 293 g/mol. The molecule has 0 aromatic carbocycles. The Kier molecular flexibility index (Phi) is 4.30. The minimum absolute atomic E-state index is 0.0471. The maximum atomic E-state index is 10.9. The SMILES string of the molecule is Cc1oc(CNCC(C)(C)c2cccs2)cc1C(=O)O. The molecular formula is C15H19NO3S. The van der Waals surface area contributed by atoms with Gasteiger partial charge in [0.05, 0.1) is 6.54 Å². The van der Waals surface area contributed by atoms with Crippen molar-refractivity contribution in [2.24, 2.45) is 0 Å². The second kappa shape index (κ2) is 5.81. The molecule has 0 spiro atoms. The lowest BCUT2D eigenvalue weighted by Gasteiger charge is -2.23. The smallest absolute Gasteiger partial charge is 0.339 e. The van der Waals surface area contributed by atoms with E-state index in [0.29, 0.717) is 18.1 Å². The minimum Gasteiger partial charge on any atom is -0.478 e. The lowest BCUT2D eigenvalue weighted by atomic mass is 9.91. The summed E-state index contributed by atoms with van der Waals surface area (Å²) in [6.07, 6.45) is 0. The number of carboxylic acids is 1. The van der Waals surface area contributed by atoms with Crippen molar-refractivity contribution in [3.05, 3.63) is 45.5 Å². The van der Waals surface area contributed by atoms with E-state index in [-0.39, 0.29) is 11.0 Å². The highest BCUT2D eigenvalue weighted by molar-refractivity contribution is 7.10. The maximum absolute atomic E-state index is 10.9. The molecule has 0 unspecified atom stereocenters. The number of carboxylic acid groups (broad SMARTS) is 1. The van der Waals surface area contributed by atoms with Gasteiger partial charge in [-0.3, -0.25) is 0 Å². The van der Waals surface area contributed by atoms with Gasteiger partial charge in [-0.05, 0) is 24.4 Å². The van der Waals surface area contributed by atoms with Gasteiger partial charge in [0.1, 0.15) is 17.1 Å². The van der Waals surface area contributed by atoms with Gasteiger partial charge in [0, 0.05) is 16.8 Å². The van der Waals surface area contributed by atoms with Crippen LogP contribution >= 0.6 is 11.3 Å². The van der Waals surface area contributed by atoms with Gasteiger partial charge in [0.15, 0.2) is 0 Å². The normalized spacial score (nSPS) is 11.8. The maximum Gasteiger partial charge on any atom is 0.339 e. The van der Waals surface area contributed by atoms with E-state index in [0.717, 1.165) is 6.54 Å². The van der Waals surface area contributed by atoms with E-state index >= 15 is 0 Å². The Hall–Kier alpha value is -1.59. The summed E-state index contributed by atoms with van der Waals surface area (Å²) in [6, 6.07) is 5.77. The molecule has 2 aromatic rings. The fourth-order valence-corrected chi connectivity index (χ4v) is 2.94. The topological polar surface area (TPSA) is 62.5 Å². The van der Waals surface area contributed by atoms with E-state index in [4.69, 9.17) is 9.52 Å². The number of hydrogen-bond donors (Lipinski definition) is 2. The summed E-state index contributed by atoms with van der Waals surface area (Å²) < 4.78 is 5.44. The van der Waals surface area contributed by atoms with Crippen molar-refractivity contribution >= 4 is 17.3 Å². The van der Waals surface area contributed by atoms with Crippen LogP contribution in [0.4, 0.5) is 0 Å². The highest BCUT2D eigenvalue weighted by atomic mass is 32.1. The molecule has 0 saturated heterocycles. The van der Waals surface area contributed by atoms with Crippen molar-refractivity contribution in [2.45, 2.75) is 32.7 Å². The standard InChI is InChI=1S/C15H19NO3S/c1-10-12(14(17)18)7-11(19-10)8-16-9-15(2,3)13-5-4-6-20-13/h4-7,16H,8-9H2,1-3H3,(H,17,18). The van der Waals surface area contributed by atoms with Crippen molar-refractivity contribution in [1.29, 1.82) is 0 Å². The van der Waals surface area contributed by atoms with Gasteiger partial charge in [-0.2, -0.15) is 0 Å². The lowest BCUT2D eigenvalue weighted by molar-refractivity contribution is 0.0695. The molecule has 4 nitrogen and oxygen atoms in total. The molecule has 108 valence electrons. The second-order valence-corrected chi connectivity index (χ2v) is 6.40. The number of aryl methyl sites for hydroxylation is 1. The van der Waals surface area contributed by atoms with Gasteiger partial charge in [-0.25, -0.2) is 4.79 Å². The molecule has 2 heterocycles. The predicted octanol–water partition coefficient (Wildman–Crippen LogP) is 3.42. The molecule has 0 fully saturated rings. The summed E-state index contributed by atoms with van der Waals surface area (Å²) in [5.41, 5.74) is 0.283. The first-order valence-electron chi connectivity index (χ1n) is 6.47. The molecule has 5 heteroatoms. The van der Waals surface area contributed by atoms with Crippen molar-refractivity contribution in [2.75, 3.05) is 6.54 Å². The first-order valence-corrected chi connectivity index (χ1v) is 7.35. The van der Waals surface area contributed by atoms with Gasteiger partial charge in [0.2, 0.25) is 0 Å². The number of aromatic carboxylic acids is 1.